The molecule has 1 saturated heterocycles. The summed E-state index contributed by atoms with van der Waals surface area (Å²) in [6.07, 6.45) is 1.75. The molecule has 140 valence electrons. The number of fused-ring (bicyclic) bond motifs is 1. The van der Waals surface area contributed by atoms with Gasteiger partial charge in [-0.05, 0) is 64.9 Å². The summed E-state index contributed by atoms with van der Waals surface area (Å²) in [5.41, 5.74) is 1.79. The van der Waals surface area contributed by atoms with Crippen LogP contribution in [0.25, 0.3) is 16.8 Å². The van der Waals surface area contributed by atoms with Gasteiger partial charge in [-0.2, -0.15) is 0 Å². The summed E-state index contributed by atoms with van der Waals surface area (Å²) in [4.78, 5) is 26.9. The molecular formula is C23H19NO3S. The molecule has 3 aromatic rings. The van der Waals surface area contributed by atoms with E-state index in [9.17, 15) is 9.59 Å². The second-order valence-electron chi connectivity index (χ2n) is 6.45. The first-order valence-electron chi connectivity index (χ1n) is 9.10. The smallest absolute Gasteiger partial charge is 0.293 e. The van der Waals surface area contributed by atoms with Crippen LogP contribution in [-0.4, -0.2) is 22.7 Å². The summed E-state index contributed by atoms with van der Waals surface area (Å²) in [6, 6.07) is 21.5. The van der Waals surface area contributed by atoms with Crippen molar-refractivity contribution in [3.63, 3.8) is 0 Å². The molecule has 0 aromatic heterocycles. The van der Waals surface area contributed by atoms with Crippen LogP contribution in [-0.2, 0) is 11.3 Å². The summed E-state index contributed by atoms with van der Waals surface area (Å²) in [5, 5.41) is 1.99. The number of amides is 2. The molecule has 0 radical (unpaired) electrons. The summed E-state index contributed by atoms with van der Waals surface area (Å²) in [7, 11) is 0. The fourth-order valence-electron chi connectivity index (χ4n) is 3.13. The Morgan fingerprint density at radius 3 is 2.46 bits per heavy atom. The number of benzene rings is 3. The standard InChI is InChI=1S/C23H19NO3S/c1-2-27-20-11-8-16(9-12-20)14-21-22(25)24(23(26)28-21)15-17-7-10-18-5-3-4-6-19(18)13-17/h3-14H,2,15H2,1H3/b21-14+. The predicted octanol–water partition coefficient (Wildman–Crippen LogP) is 5.48. The molecule has 4 nitrogen and oxygen atoms in total. The number of carbonyl (C=O) groups excluding carboxylic acids is 2. The Bertz CT molecular complexity index is 1070. The van der Waals surface area contributed by atoms with Crippen LogP contribution >= 0.6 is 11.8 Å². The lowest BCUT2D eigenvalue weighted by atomic mass is 10.1. The van der Waals surface area contributed by atoms with Gasteiger partial charge in [0.1, 0.15) is 5.75 Å². The fraction of sp³-hybridized carbons (Fsp3) is 0.130. The van der Waals surface area contributed by atoms with Crippen molar-refractivity contribution in [2.75, 3.05) is 6.61 Å². The van der Waals surface area contributed by atoms with E-state index >= 15 is 0 Å². The molecule has 1 aliphatic rings. The zero-order valence-electron chi connectivity index (χ0n) is 15.4. The zero-order chi connectivity index (χ0) is 19.5. The zero-order valence-corrected chi connectivity index (χ0v) is 16.2. The van der Waals surface area contributed by atoms with Crippen molar-refractivity contribution in [2.24, 2.45) is 0 Å². The number of hydrogen-bond donors (Lipinski definition) is 0. The van der Waals surface area contributed by atoms with Crippen LogP contribution in [0.4, 0.5) is 4.79 Å². The van der Waals surface area contributed by atoms with Crippen LogP contribution in [0.15, 0.2) is 71.6 Å². The van der Waals surface area contributed by atoms with E-state index in [0.717, 1.165) is 39.4 Å². The number of ether oxygens (including phenoxy) is 1. The molecule has 2 amide bonds. The third-order valence-corrected chi connectivity index (χ3v) is 5.42. The van der Waals surface area contributed by atoms with Gasteiger partial charge in [0.2, 0.25) is 0 Å². The van der Waals surface area contributed by atoms with Crippen molar-refractivity contribution in [2.45, 2.75) is 13.5 Å². The number of thioether (sulfide) groups is 1. The van der Waals surface area contributed by atoms with Gasteiger partial charge in [0, 0.05) is 0 Å². The minimum Gasteiger partial charge on any atom is -0.494 e. The monoisotopic (exact) mass is 389 g/mol. The van der Waals surface area contributed by atoms with Crippen molar-refractivity contribution >= 4 is 39.8 Å². The van der Waals surface area contributed by atoms with E-state index in [2.05, 4.69) is 0 Å². The summed E-state index contributed by atoms with van der Waals surface area (Å²) >= 11 is 0.981. The van der Waals surface area contributed by atoms with Crippen LogP contribution in [0.2, 0.25) is 0 Å². The van der Waals surface area contributed by atoms with Crippen molar-refractivity contribution < 1.29 is 14.3 Å². The van der Waals surface area contributed by atoms with Crippen molar-refractivity contribution in [1.29, 1.82) is 0 Å². The van der Waals surface area contributed by atoms with E-state index in [-0.39, 0.29) is 17.7 Å². The Morgan fingerprint density at radius 1 is 0.964 bits per heavy atom. The highest BCUT2D eigenvalue weighted by molar-refractivity contribution is 8.18. The van der Waals surface area contributed by atoms with E-state index in [1.807, 2.05) is 73.7 Å². The van der Waals surface area contributed by atoms with Gasteiger partial charge in [-0.1, -0.05) is 48.5 Å². The molecule has 1 aliphatic heterocycles. The largest absolute Gasteiger partial charge is 0.494 e. The van der Waals surface area contributed by atoms with E-state index < -0.39 is 0 Å². The Hall–Kier alpha value is -3.05. The average molecular weight is 389 g/mol. The van der Waals surface area contributed by atoms with Crippen LogP contribution in [0.5, 0.6) is 5.75 Å². The summed E-state index contributed by atoms with van der Waals surface area (Å²) < 4.78 is 5.43. The maximum Gasteiger partial charge on any atom is 0.293 e. The number of imide groups is 1. The first-order chi connectivity index (χ1) is 13.6. The Labute approximate surface area is 167 Å². The molecule has 28 heavy (non-hydrogen) atoms. The van der Waals surface area contributed by atoms with Crippen molar-refractivity contribution in [1.82, 2.24) is 4.90 Å². The second-order valence-corrected chi connectivity index (χ2v) is 7.44. The fourth-order valence-corrected chi connectivity index (χ4v) is 3.97. The lowest BCUT2D eigenvalue weighted by molar-refractivity contribution is -0.123. The maximum atomic E-state index is 12.7. The molecule has 3 aromatic carbocycles. The normalized spacial score (nSPS) is 15.6. The lowest BCUT2D eigenvalue weighted by Gasteiger charge is -2.13. The molecule has 0 atom stereocenters. The van der Waals surface area contributed by atoms with E-state index in [1.54, 1.807) is 6.08 Å². The molecule has 0 unspecified atom stereocenters. The topological polar surface area (TPSA) is 46.6 Å². The average Bonchev–Trinajstić information content (AvgIpc) is 2.97. The van der Waals surface area contributed by atoms with E-state index in [4.69, 9.17) is 4.74 Å². The van der Waals surface area contributed by atoms with Crippen molar-refractivity contribution in [3.05, 3.63) is 82.8 Å². The number of hydrogen-bond acceptors (Lipinski definition) is 4. The van der Waals surface area contributed by atoms with Gasteiger partial charge in [-0.25, -0.2) is 0 Å². The number of nitrogens with zero attached hydrogens (tertiary/aromatic N) is 1. The number of carbonyl (C=O) groups is 2. The third-order valence-electron chi connectivity index (χ3n) is 4.52. The van der Waals surface area contributed by atoms with Crippen LogP contribution in [0.3, 0.4) is 0 Å². The molecule has 0 N–H and O–H groups in total. The van der Waals surface area contributed by atoms with Gasteiger partial charge in [0.05, 0.1) is 18.1 Å². The second kappa shape index (κ2) is 7.90. The van der Waals surface area contributed by atoms with E-state index in [1.165, 1.54) is 4.90 Å². The molecule has 0 spiro atoms. The highest BCUT2D eigenvalue weighted by Crippen LogP contribution is 2.33. The van der Waals surface area contributed by atoms with Gasteiger partial charge < -0.3 is 4.74 Å². The summed E-state index contributed by atoms with van der Waals surface area (Å²) in [5.74, 6) is 0.529. The Balaban J connectivity index is 1.52. The lowest BCUT2D eigenvalue weighted by Crippen LogP contribution is -2.27. The maximum absolute atomic E-state index is 12.7. The van der Waals surface area contributed by atoms with Crippen LogP contribution in [0, 0.1) is 0 Å². The highest BCUT2D eigenvalue weighted by Gasteiger charge is 2.34. The van der Waals surface area contributed by atoms with Gasteiger partial charge in [0.15, 0.2) is 0 Å². The Kier molecular flexibility index (Phi) is 5.17. The molecule has 4 rings (SSSR count). The first kappa shape index (κ1) is 18.3. The number of rotatable bonds is 5. The molecule has 1 fully saturated rings. The van der Waals surface area contributed by atoms with Crippen LogP contribution < -0.4 is 4.74 Å². The van der Waals surface area contributed by atoms with Crippen molar-refractivity contribution in [3.8, 4) is 5.75 Å². The van der Waals surface area contributed by atoms with Gasteiger partial charge in [-0.3, -0.25) is 14.5 Å². The molecule has 0 aliphatic carbocycles. The third kappa shape index (κ3) is 3.80. The predicted molar refractivity (Wildman–Crippen MR) is 113 cm³/mol. The van der Waals surface area contributed by atoms with Gasteiger partial charge in [-0.15, -0.1) is 0 Å². The molecular weight excluding hydrogens is 370 g/mol. The van der Waals surface area contributed by atoms with Crippen LogP contribution in [0.1, 0.15) is 18.1 Å². The first-order valence-corrected chi connectivity index (χ1v) is 9.91. The SMILES string of the molecule is CCOc1ccc(/C=C2/SC(=O)N(Cc3ccc4ccccc4c3)C2=O)cc1. The molecule has 0 saturated carbocycles. The molecule has 1 heterocycles. The quantitative estimate of drug-likeness (QED) is 0.543. The van der Waals surface area contributed by atoms with E-state index in [0.29, 0.717) is 11.5 Å². The van der Waals surface area contributed by atoms with Gasteiger partial charge >= 0.3 is 0 Å². The minimum atomic E-state index is -0.253. The molecule has 0 bridgehead atoms. The molecule has 5 heteroatoms. The highest BCUT2D eigenvalue weighted by atomic mass is 32.2. The van der Waals surface area contributed by atoms with Gasteiger partial charge in [0.25, 0.3) is 11.1 Å². The summed E-state index contributed by atoms with van der Waals surface area (Å²) in [6.45, 7) is 2.81. The minimum absolute atomic E-state index is 0.240. The Morgan fingerprint density at radius 2 is 1.71 bits per heavy atom.